The first-order valence-corrected chi connectivity index (χ1v) is 8.57. The summed E-state index contributed by atoms with van der Waals surface area (Å²) in [6, 6.07) is 10.9. The van der Waals surface area contributed by atoms with Gasteiger partial charge in [-0.3, -0.25) is 9.78 Å². The van der Waals surface area contributed by atoms with Gasteiger partial charge in [0, 0.05) is 23.0 Å². The molecule has 2 aromatic heterocycles. The Morgan fingerprint density at radius 2 is 1.96 bits per heavy atom. The molecule has 4 rings (SSSR count). The average molecular weight is 400 g/mol. The number of carbonyl (C=O) groups is 1. The van der Waals surface area contributed by atoms with Gasteiger partial charge in [-0.2, -0.15) is 0 Å². The molecule has 0 aliphatic carbocycles. The third-order valence-electron chi connectivity index (χ3n) is 3.85. The molecule has 0 spiro atoms. The van der Waals surface area contributed by atoms with Crippen molar-refractivity contribution < 1.29 is 14.3 Å². The summed E-state index contributed by atoms with van der Waals surface area (Å²) < 4.78 is 5.65. The molecule has 4 aromatic rings. The van der Waals surface area contributed by atoms with E-state index in [9.17, 15) is 9.90 Å². The van der Waals surface area contributed by atoms with Gasteiger partial charge in [-0.05, 0) is 36.4 Å². The molecule has 0 atom stereocenters. The third-order valence-corrected chi connectivity index (χ3v) is 4.41. The number of nitrogens with zero attached hydrogens (tertiary/aromatic N) is 2. The molecule has 0 radical (unpaired) electrons. The van der Waals surface area contributed by atoms with Gasteiger partial charge in [0.05, 0.1) is 22.3 Å². The molecule has 0 fully saturated rings. The van der Waals surface area contributed by atoms with E-state index < -0.39 is 5.91 Å². The number of hydrogen-bond donors (Lipinski definition) is 2. The van der Waals surface area contributed by atoms with Gasteiger partial charge in [-0.25, -0.2) is 4.98 Å². The highest BCUT2D eigenvalue weighted by Crippen LogP contribution is 2.33. The van der Waals surface area contributed by atoms with Crippen LogP contribution in [0.15, 0.2) is 59.3 Å². The Morgan fingerprint density at radius 1 is 1.11 bits per heavy atom. The van der Waals surface area contributed by atoms with Crippen molar-refractivity contribution in [1.29, 1.82) is 0 Å². The lowest BCUT2D eigenvalue weighted by atomic mass is 10.1. The maximum Gasteiger partial charge on any atom is 0.257 e. The number of nitrogens with one attached hydrogen (secondary N) is 1. The topological polar surface area (TPSA) is 88.2 Å². The van der Waals surface area contributed by atoms with E-state index in [1.54, 1.807) is 42.7 Å². The molecule has 1 amide bonds. The van der Waals surface area contributed by atoms with Crippen LogP contribution in [0.4, 0.5) is 5.69 Å². The first-order valence-electron chi connectivity index (χ1n) is 7.81. The van der Waals surface area contributed by atoms with Crippen LogP contribution in [0.25, 0.3) is 22.6 Å². The van der Waals surface area contributed by atoms with Crippen LogP contribution in [0.3, 0.4) is 0 Å². The fraction of sp³-hybridized carbons (Fsp3) is 0. The summed E-state index contributed by atoms with van der Waals surface area (Å²) in [5.41, 5.74) is 2.11. The summed E-state index contributed by atoms with van der Waals surface area (Å²) in [6.45, 7) is 0. The van der Waals surface area contributed by atoms with E-state index in [1.807, 2.05) is 0 Å². The Kier molecular flexibility index (Phi) is 4.43. The zero-order chi connectivity index (χ0) is 19.0. The number of pyridine rings is 1. The molecule has 2 heterocycles. The highest BCUT2D eigenvalue weighted by molar-refractivity contribution is 6.36. The lowest BCUT2D eigenvalue weighted by Crippen LogP contribution is -2.12. The number of aromatic hydroxyl groups is 1. The highest BCUT2D eigenvalue weighted by atomic mass is 35.5. The van der Waals surface area contributed by atoms with Crippen LogP contribution in [-0.2, 0) is 0 Å². The first-order chi connectivity index (χ1) is 13.0. The van der Waals surface area contributed by atoms with Crippen LogP contribution in [-0.4, -0.2) is 21.0 Å². The van der Waals surface area contributed by atoms with Crippen molar-refractivity contribution in [1.82, 2.24) is 9.97 Å². The minimum atomic E-state index is -0.430. The van der Waals surface area contributed by atoms with Crippen LogP contribution in [0.2, 0.25) is 10.0 Å². The molecule has 134 valence electrons. The van der Waals surface area contributed by atoms with Crippen LogP contribution in [0, 0.1) is 0 Å². The normalized spacial score (nSPS) is 10.9. The van der Waals surface area contributed by atoms with Crippen LogP contribution in [0.5, 0.6) is 5.75 Å². The monoisotopic (exact) mass is 399 g/mol. The van der Waals surface area contributed by atoms with Crippen molar-refractivity contribution >= 4 is 45.9 Å². The predicted molar refractivity (Wildman–Crippen MR) is 103 cm³/mol. The van der Waals surface area contributed by atoms with Gasteiger partial charge in [0.25, 0.3) is 5.91 Å². The largest absolute Gasteiger partial charge is 0.507 e. The van der Waals surface area contributed by atoms with E-state index in [2.05, 4.69) is 15.3 Å². The number of amides is 1. The third kappa shape index (κ3) is 3.45. The number of aromatic nitrogens is 2. The Morgan fingerprint density at radius 3 is 2.78 bits per heavy atom. The van der Waals surface area contributed by atoms with Crippen LogP contribution in [0.1, 0.15) is 10.4 Å². The zero-order valence-corrected chi connectivity index (χ0v) is 15.1. The molecule has 27 heavy (non-hydrogen) atoms. The molecule has 0 unspecified atom stereocenters. The molecule has 2 aromatic carbocycles. The van der Waals surface area contributed by atoms with Gasteiger partial charge in [0.15, 0.2) is 5.58 Å². The number of hydrogen-bond acceptors (Lipinski definition) is 5. The number of phenols is 1. The average Bonchev–Trinajstić information content (AvgIpc) is 3.09. The summed E-state index contributed by atoms with van der Waals surface area (Å²) >= 11 is 12.0. The number of rotatable bonds is 3. The molecular weight excluding hydrogens is 389 g/mol. The standard InChI is InChI=1S/C19H11Cl2N3O3/c20-10-1-3-14(21)12(7-10)18(26)23-11-2-4-16(25)13(8-11)19-24-15-9-22-6-5-17(15)27-19/h1-9,25H,(H,23,26). The lowest BCUT2D eigenvalue weighted by molar-refractivity contribution is 0.102. The smallest absolute Gasteiger partial charge is 0.257 e. The van der Waals surface area contributed by atoms with Gasteiger partial charge < -0.3 is 14.8 Å². The van der Waals surface area contributed by atoms with Crippen molar-refractivity contribution in [3.63, 3.8) is 0 Å². The number of halogens is 2. The van der Waals surface area contributed by atoms with Crippen LogP contribution >= 0.6 is 23.2 Å². The van der Waals surface area contributed by atoms with E-state index in [0.717, 1.165) is 0 Å². The fourth-order valence-corrected chi connectivity index (χ4v) is 2.93. The summed E-state index contributed by atoms with van der Waals surface area (Å²) in [4.78, 5) is 20.8. The van der Waals surface area contributed by atoms with Crippen molar-refractivity contribution in [3.05, 3.63) is 70.5 Å². The first kappa shape index (κ1) is 17.3. The number of phenolic OH excluding ortho intramolecular Hbond substituents is 1. The maximum atomic E-state index is 12.5. The SMILES string of the molecule is O=C(Nc1ccc(O)c(-c2nc3cnccc3o2)c1)c1cc(Cl)ccc1Cl. The lowest BCUT2D eigenvalue weighted by Gasteiger charge is -2.09. The number of fused-ring (bicyclic) bond motifs is 1. The Bertz CT molecular complexity index is 1140. The number of benzene rings is 2. The highest BCUT2D eigenvalue weighted by Gasteiger charge is 2.16. The number of oxazole rings is 1. The summed E-state index contributed by atoms with van der Waals surface area (Å²) in [5, 5.41) is 13.6. The second kappa shape index (κ2) is 6.90. The molecule has 8 heteroatoms. The van der Waals surface area contributed by atoms with Gasteiger partial charge in [0.2, 0.25) is 5.89 Å². The molecule has 0 aliphatic rings. The van der Waals surface area contributed by atoms with Gasteiger partial charge >= 0.3 is 0 Å². The molecule has 6 nitrogen and oxygen atoms in total. The summed E-state index contributed by atoms with van der Waals surface area (Å²) in [7, 11) is 0. The minimum absolute atomic E-state index is 0.0340. The van der Waals surface area contributed by atoms with Crippen LogP contribution < -0.4 is 5.32 Å². The Balaban J connectivity index is 1.68. The molecule has 0 aliphatic heterocycles. The summed E-state index contributed by atoms with van der Waals surface area (Å²) in [5.74, 6) is -0.249. The van der Waals surface area contributed by atoms with Crippen molar-refractivity contribution in [3.8, 4) is 17.2 Å². The van der Waals surface area contributed by atoms with Gasteiger partial charge in [-0.15, -0.1) is 0 Å². The Labute approximate surface area is 163 Å². The molecule has 0 bridgehead atoms. The maximum absolute atomic E-state index is 12.5. The second-order valence-corrected chi connectivity index (χ2v) is 6.52. The van der Waals surface area contributed by atoms with E-state index in [1.165, 1.54) is 12.1 Å². The van der Waals surface area contributed by atoms with Crippen molar-refractivity contribution in [2.75, 3.05) is 5.32 Å². The molecule has 0 saturated heterocycles. The van der Waals surface area contributed by atoms with E-state index in [-0.39, 0.29) is 22.2 Å². The summed E-state index contributed by atoms with van der Waals surface area (Å²) in [6.07, 6.45) is 3.15. The van der Waals surface area contributed by atoms with Gasteiger partial charge in [-0.1, -0.05) is 23.2 Å². The van der Waals surface area contributed by atoms with Crippen molar-refractivity contribution in [2.45, 2.75) is 0 Å². The van der Waals surface area contributed by atoms with Gasteiger partial charge in [0.1, 0.15) is 11.3 Å². The van der Waals surface area contributed by atoms with E-state index >= 15 is 0 Å². The molecule has 0 saturated carbocycles. The Hall–Kier alpha value is -3.09. The zero-order valence-electron chi connectivity index (χ0n) is 13.6. The van der Waals surface area contributed by atoms with E-state index in [4.69, 9.17) is 27.6 Å². The quantitative estimate of drug-likeness (QED) is 0.464. The predicted octanol–water partition coefficient (Wildman–Crippen LogP) is 5.15. The number of carbonyl (C=O) groups excluding carboxylic acids is 1. The fourth-order valence-electron chi connectivity index (χ4n) is 2.55. The molecular formula is C19H11Cl2N3O3. The van der Waals surface area contributed by atoms with E-state index in [0.29, 0.717) is 27.4 Å². The number of anilines is 1. The molecule has 2 N–H and O–H groups in total. The van der Waals surface area contributed by atoms with Crippen molar-refractivity contribution in [2.24, 2.45) is 0 Å². The minimum Gasteiger partial charge on any atom is -0.507 e. The second-order valence-electron chi connectivity index (χ2n) is 5.67.